The van der Waals surface area contributed by atoms with Gasteiger partial charge in [-0.3, -0.25) is 0 Å². The van der Waals surface area contributed by atoms with E-state index >= 15 is 0 Å². The highest BCUT2D eigenvalue weighted by Gasteiger charge is 2.38. The van der Waals surface area contributed by atoms with Crippen molar-refractivity contribution in [2.24, 2.45) is 0 Å². The van der Waals surface area contributed by atoms with Crippen LogP contribution in [-0.4, -0.2) is 29.5 Å². The Balaban J connectivity index is 1.26. The summed E-state index contributed by atoms with van der Waals surface area (Å²) >= 11 is 0. The topological polar surface area (TPSA) is 69.4 Å². The van der Waals surface area contributed by atoms with Gasteiger partial charge in [0.25, 0.3) is 0 Å². The fourth-order valence-electron chi connectivity index (χ4n) is 6.91. The monoisotopic (exact) mass is 592 g/mol. The highest BCUT2D eigenvalue weighted by Crippen LogP contribution is 2.49. The maximum absolute atomic E-state index is 4.99. The van der Waals surface area contributed by atoms with Crippen LogP contribution in [0.4, 0.5) is 0 Å². The van der Waals surface area contributed by atoms with Crippen LogP contribution in [0.2, 0.25) is 0 Å². The summed E-state index contributed by atoms with van der Waals surface area (Å²) < 4.78 is 2.36. The van der Waals surface area contributed by atoms with Crippen molar-refractivity contribution in [2.45, 2.75) is 19.3 Å². The summed E-state index contributed by atoms with van der Waals surface area (Å²) in [6, 6.07) is 42.0. The van der Waals surface area contributed by atoms with E-state index in [2.05, 4.69) is 84.1 Å². The molecule has 0 N–H and O–H groups in total. The Labute approximate surface area is 266 Å². The molecule has 0 spiro atoms. The molecule has 0 unspecified atom stereocenters. The predicted molar refractivity (Wildman–Crippen MR) is 184 cm³/mol. The normalized spacial score (nSPS) is 13.2. The van der Waals surface area contributed by atoms with Crippen LogP contribution in [-0.2, 0) is 5.41 Å². The fourth-order valence-corrected chi connectivity index (χ4v) is 6.91. The molecular weight excluding hydrogens is 564 g/mol. The number of para-hydroxylation sites is 1. The average molecular weight is 593 g/mol. The minimum absolute atomic E-state index is 0.239. The van der Waals surface area contributed by atoms with Gasteiger partial charge in [0.15, 0.2) is 17.5 Å². The number of aromatic nitrogens is 6. The van der Waals surface area contributed by atoms with Crippen molar-refractivity contribution in [3.05, 3.63) is 145 Å². The van der Waals surface area contributed by atoms with Crippen molar-refractivity contribution >= 4 is 21.8 Å². The summed E-state index contributed by atoms with van der Waals surface area (Å²) in [4.78, 5) is 23.9. The van der Waals surface area contributed by atoms with Gasteiger partial charge in [0, 0.05) is 50.3 Å². The van der Waals surface area contributed by atoms with E-state index in [1.807, 2.05) is 66.9 Å². The van der Waals surface area contributed by atoms with E-state index in [0.29, 0.717) is 17.5 Å². The largest absolute Gasteiger partial charge is 0.309 e. The second-order valence-corrected chi connectivity index (χ2v) is 12.3. The Morgan fingerprint density at radius 2 is 1.17 bits per heavy atom. The molecule has 6 heteroatoms. The highest BCUT2D eigenvalue weighted by atomic mass is 15.0. The quantitative estimate of drug-likeness (QED) is 0.204. The molecule has 46 heavy (non-hydrogen) atoms. The Morgan fingerprint density at radius 3 is 1.89 bits per heavy atom. The van der Waals surface area contributed by atoms with Crippen LogP contribution in [0.15, 0.2) is 134 Å². The number of hydrogen-bond donors (Lipinski definition) is 0. The lowest BCUT2D eigenvalue weighted by molar-refractivity contribution is 0.635. The molecule has 0 bridgehead atoms. The molecule has 5 aromatic carbocycles. The molecule has 3 heterocycles. The van der Waals surface area contributed by atoms with Gasteiger partial charge in [-0.1, -0.05) is 105 Å². The zero-order valence-electron chi connectivity index (χ0n) is 25.4. The van der Waals surface area contributed by atoms with Crippen LogP contribution in [0.25, 0.3) is 72.8 Å². The number of benzene rings is 5. The fraction of sp³-hybridized carbons (Fsp3) is 0.0750. The molecule has 0 amide bonds. The minimum Gasteiger partial charge on any atom is -0.309 e. The third kappa shape index (κ3) is 4.00. The summed E-state index contributed by atoms with van der Waals surface area (Å²) in [7, 11) is 0. The minimum atomic E-state index is -0.239. The maximum Gasteiger partial charge on any atom is 0.164 e. The van der Waals surface area contributed by atoms with E-state index in [9.17, 15) is 0 Å². The molecule has 6 nitrogen and oxygen atoms in total. The Hall–Kier alpha value is -6.01. The van der Waals surface area contributed by atoms with E-state index in [0.717, 1.165) is 44.7 Å². The summed E-state index contributed by atoms with van der Waals surface area (Å²) in [5.74, 6) is 1.92. The Bertz CT molecular complexity index is 2390. The lowest BCUT2D eigenvalue weighted by Crippen LogP contribution is -2.16. The summed E-state index contributed by atoms with van der Waals surface area (Å²) in [5, 5.41) is 2.40. The van der Waals surface area contributed by atoms with Crippen LogP contribution in [0.1, 0.15) is 25.1 Å². The van der Waals surface area contributed by atoms with E-state index in [-0.39, 0.29) is 5.41 Å². The summed E-state index contributed by atoms with van der Waals surface area (Å²) in [6.45, 7) is 4.50. The third-order valence-corrected chi connectivity index (χ3v) is 9.14. The molecule has 0 saturated carbocycles. The molecule has 0 atom stereocenters. The third-order valence-electron chi connectivity index (χ3n) is 9.14. The van der Waals surface area contributed by atoms with Crippen LogP contribution in [0, 0.1) is 0 Å². The Morgan fingerprint density at radius 1 is 0.543 bits per heavy atom. The second-order valence-electron chi connectivity index (χ2n) is 12.3. The van der Waals surface area contributed by atoms with Gasteiger partial charge in [0.1, 0.15) is 6.33 Å². The molecule has 3 aromatic heterocycles. The van der Waals surface area contributed by atoms with Crippen molar-refractivity contribution in [2.75, 3.05) is 0 Å². The summed E-state index contributed by atoms with van der Waals surface area (Å²) in [6.07, 6.45) is 3.60. The zero-order valence-corrected chi connectivity index (χ0v) is 25.4. The predicted octanol–water partition coefficient (Wildman–Crippen LogP) is 9.07. The molecule has 9 rings (SSSR count). The smallest absolute Gasteiger partial charge is 0.164 e. The Kier molecular flexibility index (Phi) is 5.74. The van der Waals surface area contributed by atoms with Gasteiger partial charge in [-0.15, -0.1) is 0 Å². The molecule has 0 radical (unpaired) electrons. The van der Waals surface area contributed by atoms with Gasteiger partial charge in [0.2, 0.25) is 0 Å². The first-order valence-electron chi connectivity index (χ1n) is 15.4. The molecule has 8 aromatic rings. The van der Waals surface area contributed by atoms with Crippen LogP contribution >= 0.6 is 0 Å². The molecule has 1 aliphatic rings. The first-order chi connectivity index (χ1) is 22.6. The van der Waals surface area contributed by atoms with E-state index in [4.69, 9.17) is 19.9 Å². The molecule has 1 aliphatic carbocycles. The van der Waals surface area contributed by atoms with Crippen LogP contribution in [0.5, 0.6) is 0 Å². The summed E-state index contributed by atoms with van der Waals surface area (Å²) in [5.41, 5.74) is 10.6. The number of nitrogens with zero attached hydrogens (tertiary/aromatic N) is 6. The van der Waals surface area contributed by atoms with Crippen molar-refractivity contribution in [3.63, 3.8) is 0 Å². The first kappa shape index (κ1) is 26.4. The van der Waals surface area contributed by atoms with Gasteiger partial charge >= 0.3 is 0 Å². The van der Waals surface area contributed by atoms with Crippen molar-refractivity contribution < 1.29 is 0 Å². The van der Waals surface area contributed by atoms with Crippen molar-refractivity contribution in [1.82, 2.24) is 29.5 Å². The standard InChI is InChI=1S/C40H28N6/c1-40(2)33-22-35-31(21-30(33)32-23-41-24-42-36(32)40)29-18-9-10-19-34(29)46(35)28-17-11-16-27(20-28)39-44-37(25-12-5-3-6-13-25)43-38(45-39)26-14-7-4-8-15-26/h3-24H,1-2H3. The van der Waals surface area contributed by atoms with E-state index < -0.39 is 0 Å². The van der Waals surface area contributed by atoms with Gasteiger partial charge < -0.3 is 4.57 Å². The molecular formula is C40H28N6. The first-order valence-corrected chi connectivity index (χ1v) is 15.4. The lowest BCUT2D eigenvalue weighted by atomic mass is 9.85. The number of fused-ring (bicyclic) bond motifs is 6. The molecule has 0 fully saturated rings. The van der Waals surface area contributed by atoms with Crippen molar-refractivity contribution in [3.8, 4) is 51.0 Å². The van der Waals surface area contributed by atoms with Gasteiger partial charge in [-0.25, -0.2) is 24.9 Å². The van der Waals surface area contributed by atoms with E-state index in [1.54, 1.807) is 6.33 Å². The lowest BCUT2D eigenvalue weighted by Gasteiger charge is -2.20. The van der Waals surface area contributed by atoms with Gasteiger partial charge in [-0.2, -0.15) is 0 Å². The SMILES string of the molecule is CC1(C)c2cc3c(cc2-c2cncnc21)c1ccccc1n3-c1cccc(-c2nc(-c3ccccc3)nc(-c3ccccc3)n2)c1. The second kappa shape index (κ2) is 10.0. The average Bonchev–Trinajstić information content (AvgIpc) is 3.56. The van der Waals surface area contributed by atoms with Crippen LogP contribution in [0.3, 0.4) is 0 Å². The molecule has 218 valence electrons. The maximum atomic E-state index is 4.99. The number of hydrogen-bond acceptors (Lipinski definition) is 5. The molecule has 0 aliphatic heterocycles. The van der Waals surface area contributed by atoms with E-state index in [1.165, 1.54) is 21.9 Å². The van der Waals surface area contributed by atoms with Gasteiger partial charge in [-0.05, 0) is 41.5 Å². The number of rotatable bonds is 4. The zero-order chi connectivity index (χ0) is 30.8. The highest BCUT2D eigenvalue weighted by molar-refractivity contribution is 6.11. The van der Waals surface area contributed by atoms with Crippen LogP contribution < -0.4 is 0 Å². The van der Waals surface area contributed by atoms with Crippen molar-refractivity contribution in [1.29, 1.82) is 0 Å². The van der Waals surface area contributed by atoms with Gasteiger partial charge in [0.05, 0.1) is 16.7 Å². The molecule has 0 saturated heterocycles.